The number of nitriles is 1. The molecule has 0 bridgehead atoms. The number of aromatic amines is 1. The second-order valence-corrected chi connectivity index (χ2v) is 8.69. The number of fused-ring (bicyclic) bond motifs is 1. The van der Waals surface area contributed by atoms with Gasteiger partial charge in [-0.05, 0) is 76.5 Å². The lowest BCUT2D eigenvalue weighted by Gasteiger charge is -2.14. The Balaban J connectivity index is 1.62. The summed E-state index contributed by atoms with van der Waals surface area (Å²) in [6, 6.07) is 18.0. The third-order valence-corrected chi connectivity index (χ3v) is 5.88. The number of allylic oxidation sites excluding steroid dienone is 1. The van der Waals surface area contributed by atoms with Gasteiger partial charge in [0.25, 0.3) is 5.69 Å². The van der Waals surface area contributed by atoms with E-state index in [1.54, 1.807) is 24.3 Å². The van der Waals surface area contributed by atoms with Gasteiger partial charge in [-0.25, -0.2) is 4.98 Å². The van der Waals surface area contributed by atoms with Crippen LogP contribution in [0, 0.1) is 31.9 Å². The maximum Gasteiger partial charge on any atom is 0.269 e. The molecule has 4 aromatic rings. The molecular weight excluding hydrogens is 547 g/mol. The van der Waals surface area contributed by atoms with Gasteiger partial charge in [0, 0.05) is 12.1 Å². The van der Waals surface area contributed by atoms with E-state index in [2.05, 4.69) is 38.6 Å². The molecule has 0 saturated heterocycles. The Morgan fingerprint density at radius 1 is 1.26 bits per heavy atom. The number of methoxy groups -OCH3 is 1. The summed E-state index contributed by atoms with van der Waals surface area (Å²) >= 11 is 2.13. The Bertz CT molecular complexity index is 1470. The summed E-state index contributed by atoms with van der Waals surface area (Å²) in [5.41, 5.74) is 4.57. The van der Waals surface area contributed by atoms with Crippen molar-refractivity contribution in [2.24, 2.45) is 0 Å². The first-order chi connectivity index (χ1) is 16.4. The minimum Gasteiger partial charge on any atom is -0.493 e. The van der Waals surface area contributed by atoms with Gasteiger partial charge in [0.1, 0.15) is 18.5 Å². The molecule has 0 aliphatic heterocycles. The normalized spacial score (nSPS) is 11.3. The third kappa shape index (κ3) is 5.02. The number of hydrogen-bond donors (Lipinski definition) is 1. The van der Waals surface area contributed by atoms with Crippen LogP contribution < -0.4 is 9.47 Å². The Labute approximate surface area is 209 Å². The van der Waals surface area contributed by atoms with E-state index in [9.17, 15) is 15.4 Å². The molecular formula is C25H19IN4O4. The van der Waals surface area contributed by atoms with Crippen molar-refractivity contribution in [2.75, 3.05) is 7.11 Å². The number of non-ortho nitro benzene ring substituents is 1. The molecule has 0 amide bonds. The third-order valence-electron chi connectivity index (χ3n) is 5.08. The van der Waals surface area contributed by atoms with Gasteiger partial charge in [-0.2, -0.15) is 5.26 Å². The van der Waals surface area contributed by atoms with E-state index in [1.807, 2.05) is 31.2 Å². The molecule has 0 radical (unpaired) electrons. The van der Waals surface area contributed by atoms with Gasteiger partial charge in [-0.15, -0.1) is 0 Å². The molecule has 170 valence electrons. The quantitative estimate of drug-likeness (QED) is 0.126. The lowest BCUT2D eigenvalue weighted by atomic mass is 10.1. The molecule has 1 heterocycles. The van der Waals surface area contributed by atoms with Gasteiger partial charge in [-0.1, -0.05) is 18.2 Å². The van der Waals surface area contributed by atoms with Crippen LogP contribution in [0.4, 0.5) is 5.69 Å². The number of benzene rings is 3. The summed E-state index contributed by atoms with van der Waals surface area (Å²) < 4.78 is 12.2. The second-order valence-electron chi connectivity index (χ2n) is 7.53. The van der Waals surface area contributed by atoms with Crippen molar-refractivity contribution >= 4 is 51.0 Å². The minimum atomic E-state index is -0.440. The Morgan fingerprint density at radius 3 is 2.82 bits per heavy atom. The summed E-state index contributed by atoms with van der Waals surface area (Å²) in [4.78, 5) is 18.3. The standard InChI is InChI=1S/C25H19IN4O4/c1-15-6-7-21-22(8-15)29-25(28-21)18(13-27)9-17-11-20(26)24(23(12-17)33-2)34-14-16-4-3-5-19(10-16)30(31)32/h3-12H,14H2,1-2H3,(H,28,29)/b18-9-. The predicted molar refractivity (Wildman–Crippen MR) is 137 cm³/mol. The van der Waals surface area contributed by atoms with E-state index in [4.69, 9.17) is 9.47 Å². The highest BCUT2D eigenvalue weighted by molar-refractivity contribution is 14.1. The van der Waals surface area contributed by atoms with Crippen LogP contribution in [-0.4, -0.2) is 22.0 Å². The summed E-state index contributed by atoms with van der Waals surface area (Å²) in [6.45, 7) is 2.14. The zero-order valence-electron chi connectivity index (χ0n) is 18.3. The molecule has 0 spiro atoms. The highest BCUT2D eigenvalue weighted by Crippen LogP contribution is 2.36. The van der Waals surface area contributed by atoms with Crippen LogP contribution in [0.2, 0.25) is 0 Å². The first kappa shape index (κ1) is 23.3. The zero-order chi connectivity index (χ0) is 24.2. The molecule has 0 fully saturated rings. The fraction of sp³-hybridized carbons (Fsp3) is 0.120. The molecule has 0 unspecified atom stereocenters. The fourth-order valence-corrected chi connectivity index (χ4v) is 4.23. The van der Waals surface area contributed by atoms with Crippen LogP contribution in [0.5, 0.6) is 11.5 Å². The number of nitro benzene ring substituents is 1. The lowest BCUT2D eigenvalue weighted by molar-refractivity contribution is -0.384. The van der Waals surface area contributed by atoms with Gasteiger partial charge in [0.05, 0.1) is 32.2 Å². The maximum absolute atomic E-state index is 11.0. The van der Waals surface area contributed by atoms with E-state index in [0.29, 0.717) is 28.5 Å². The second kappa shape index (κ2) is 9.93. The molecule has 3 aromatic carbocycles. The Kier molecular flexibility index (Phi) is 6.79. The summed E-state index contributed by atoms with van der Waals surface area (Å²) in [7, 11) is 1.53. The monoisotopic (exact) mass is 566 g/mol. The maximum atomic E-state index is 11.0. The number of H-pyrrole nitrogens is 1. The summed E-state index contributed by atoms with van der Waals surface area (Å²) in [6.07, 6.45) is 1.74. The number of nitro groups is 1. The Hall–Kier alpha value is -3.91. The Morgan fingerprint density at radius 2 is 2.09 bits per heavy atom. The van der Waals surface area contributed by atoms with Crippen molar-refractivity contribution in [1.29, 1.82) is 5.26 Å². The topological polar surface area (TPSA) is 114 Å². The van der Waals surface area contributed by atoms with E-state index >= 15 is 0 Å². The van der Waals surface area contributed by atoms with Crippen LogP contribution in [0.3, 0.4) is 0 Å². The number of aromatic nitrogens is 2. The van der Waals surface area contributed by atoms with Crippen molar-refractivity contribution in [3.8, 4) is 17.6 Å². The van der Waals surface area contributed by atoms with Crippen LogP contribution in [0.25, 0.3) is 22.7 Å². The number of nitrogens with zero attached hydrogens (tertiary/aromatic N) is 3. The van der Waals surface area contributed by atoms with Crippen LogP contribution >= 0.6 is 22.6 Å². The van der Waals surface area contributed by atoms with Crippen molar-refractivity contribution in [3.63, 3.8) is 0 Å². The van der Waals surface area contributed by atoms with Gasteiger partial charge in [0.2, 0.25) is 0 Å². The number of ether oxygens (including phenoxy) is 2. The first-order valence-electron chi connectivity index (χ1n) is 10.2. The van der Waals surface area contributed by atoms with Gasteiger partial charge >= 0.3 is 0 Å². The van der Waals surface area contributed by atoms with Crippen molar-refractivity contribution in [3.05, 3.63) is 90.8 Å². The SMILES string of the molecule is COc1cc(/C=C(/C#N)c2nc3ccc(C)cc3[nH]2)cc(I)c1OCc1cccc([N+](=O)[O-])c1. The molecule has 1 N–H and O–H groups in total. The van der Waals surface area contributed by atoms with Gasteiger partial charge in [0.15, 0.2) is 11.5 Å². The number of aryl methyl sites for hydroxylation is 1. The van der Waals surface area contributed by atoms with E-state index < -0.39 is 4.92 Å². The molecule has 0 saturated carbocycles. The van der Waals surface area contributed by atoms with E-state index in [-0.39, 0.29) is 12.3 Å². The number of hydrogen-bond acceptors (Lipinski definition) is 6. The van der Waals surface area contributed by atoms with Crippen LogP contribution in [0.15, 0.2) is 54.6 Å². The predicted octanol–water partition coefficient (Wildman–Crippen LogP) is 6.04. The molecule has 8 nitrogen and oxygen atoms in total. The molecule has 4 rings (SSSR count). The largest absolute Gasteiger partial charge is 0.493 e. The highest BCUT2D eigenvalue weighted by Gasteiger charge is 2.14. The van der Waals surface area contributed by atoms with Crippen molar-refractivity contribution in [2.45, 2.75) is 13.5 Å². The first-order valence-corrected chi connectivity index (χ1v) is 11.3. The molecule has 1 aromatic heterocycles. The van der Waals surface area contributed by atoms with E-state index in [1.165, 1.54) is 19.2 Å². The van der Waals surface area contributed by atoms with Crippen molar-refractivity contribution in [1.82, 2.24) is 9.97 Å². The lowest BCUT2D eigenvalue weighted by Crippen LogP contribution is -2.01. The molecule has 9 heteroatoms. The molecule has 0 aliphatic carbocycles. The average molecular weight is 566 g/mol. The minimum absolute atomic E-state index is 0.00743. The molecule has 0 atom stereocenters. The van der Waals surface area contributed by atoms with Gasteiger partial charge < -0.3 is 14.5 Å². The zero-order valence-corrected chi connectivity index (χ0v) is 20.5. The summed E-state index contributed by atoms with van der Waals surface area (Å²) in [5.74, 6) is 1.49. The van der Waals surface area contributed by atoms with Crippen molar-refractivity contribution < 1.29 is 14.4 Å². The van der Waals surface area contributed by atoms with Crippen LogP contribution in [0.1, 0.15) is 22.5 Å². The van der Waals surface area contributed by atoms with Crippen LogP contribution in [-0.2, 0) is 6.61 Å². The molecule has 0 aliphatic rings. The number of rotatable bonds is 7. The molecule has 34 heavy (non-hydrogen) atoms. The fourth-order valence-electron chi connectivity index (χ4n) is 3.45. The average Bonchev–Trinajstić information content (AvgIpc) is 3.24. The highest BCUT2D eigenvalue weighted by atomic mass is 127. The number of imidazole rings is 1. The number of halogens is 1. The number of nitrogens with one attached hydrogen (secondary N) is 1. The smallest absolute Gasteiger partial charge is 0.269 e. The van der Waals surface area contributed by atoms with E-state index in [0.717, 1.165) is 25.7 Å². The summed E-state index contributed by atoms with van der Waals surface area (Å²) in [5, 5.41) is 20.8. The van der Waals surface area contributed by atoms with Gasteiger partial charge in [-0.3, -0.25) is 10.1 Å².